The number of carbonyl (C=O) groups excluding carboxylic acids is 3. The van der Waals surface area contributed by atoms with E-state index < -0.39 is 17.9 Å². The summed E-state index contributed by atoms with van der Waals surface area (Å²) in [5.74, 6) is -1.22. The van der Waals surface area contributed by atoms with E-state index in [1.54, 1.807) is 36.4 Å². The molecule has 7 nitrogen and oxygen atoms in total. The predicted octanol–water partition coefficient (Wildman–Crippen LogP) is 1.41. The summed E-state index contributed by atoms with van der Waals surface area (Å²) in [5, 5.41) is 9.23. The number of rotatable bonds is 7. The molecule has 1 atom stereocenters. The second kappa shape index (κ2) is 9.07. The minimum Gasteiger partial charge on any atom is -0.396 e. The van der Waals surface area contributed by atoms with Gasteiger partial charge in [0.25, 0.3) is 11.8 Å². The molecule has 3 amide bonds. The van der Waals surface area contributed by atoms with E-state index >= 15 is 0 Å². The van der Waals surface area contributed by atoms with Gasteiger partial charge in [-0.15, -0.1) is 0 Å². The zero-order valence-corrected chi connectivity index (χ0v) is 15.2. The van der Waals surface area contributed by atoms with Crippen LogP contribution < -0.4 is 15.8 Å². The van der Waals surface area contributed by atoms with Crippen LogP contribution in [0.1, 0.15) is 18.4 Å². The van der Waals surface area contributed by atoms with Crippen LogP contribution in [0.5, 0.6) is 0 Å². The molecule has 144 valence electrons. The molecule has 2 aromatic carbocycles. The first-order valence-electron chi connectivity index (χ1n) is 8.94. The fourth-order valence-corrected chi connectivity index (χ4v) is 2.95. The van der Waals surface area contributed by atoms with Gasteiger partial charge in [-0.05, 0) is 23.8 Å². The Labute approximate surface area is 162 Å². The Morgan fingerprint density at radius 3 is 2.36 bits per heavy atom. The Balaban J connectivity index is 1.66. The van der Waals surface area contributed by atoms with E-state index in [9.17, 15) is 19.5 Å². The molecule has 7 heteroatoms. The van der Waals surface area contributed by atoms with Crippen LogP contribution in [0.4, 0.5) is 5.69 Å². The molecule has 0 radical (unpaired) electrons. The molecular formula is C21H21N3O4. The maximum absolute atomic E-state index is 12.6. The molecule has 0 aliphatic carbocycles. The van der Waals surface area contributed by atoms with E-state index in [1.807, 2.05) is 30.3 Å². The Hall–Kier alpha value is -3.29. The molecule has 2 aromatic rings. The second-order valence-electron chi connectivity index (χ2n) is 6.31. The molecule has 3 rings (SSSR count). The van der Waals surface area contributed by atoms with Crippen molar-refractivity contribution in [3.63, 3.8) is 0 Å². The van der Waals surface area contributed by atoms with Gasteiger partial charge in [-0.3, -0.25) is 19.8 Å². The minimum atomic E-state index is -0.844. The van der Waals surface area contributed by atoms with Gasteiger partial charge >= 0.3 is 0 Å². The van der Waals surface area contributed by atoms with E-state index in [0.717, 1.165) is 10.5 Å². The number of aliphatic hydroxyl groups is 1. The van der Waals surface area contributed by atoms with Crippen molar-refractivity contribution in [1.82, 2.24) is 10.9 Å². The van der Waals surface area contributed by atoms with Crippen molar-refractivity contribution in [3.8, 4) is 0 Å². The highest BCUT2D eigenvalue weighted by molar-refractivity contribution is 6.22. The number of aliphatic hydroxyl groups excluding tert-OH is 1. The Morgan fingerprint density at radius 1 is 1.07 bits per heavy atom. The Kier molecular flexibility index (Phi) is 6.31. The van der Waals surface area contributed by atoms with Gasteiger partial charge in [0.05, 0.1) is 12.1 Å². The van der Waals surface area contributed by atoms with Crippen LogP contribution in [-0.2, 0) is 14.4 Å². The number of nitrogens with one attached hydrogen (secondary N) is 2. The van der Waals surface area contributed by atoms with Crippen molar-refractivity contribution in [2.45, 2.75) is 18.9 Å². The van der Waals surface area contributed by atoms with Gasteiger partial charge in [-0.25, -0.2) is 10.3 Å². The standard InChI is InChI=1S/C21H21N3O4/c25-12-11-16(13-15-7-3-1-4-8-15)20(27)23-22-18-14-19(26)24(21(18)28)17-9-5-2-6-10-17/h1-10,13,18,22,25H,11-12,14H2,(H,23,27)/b16-13+/t18-/m0/s1. The van der Waals surface area contributed by atoms with Gasteiger partial charge in [0.2, 0.25) is 5.91 Å². The topological polar surface area (TPSA) is 98.7 Å². The Morgan fingerprint density at radius 2 is 1.71 bits per heavy atom. The van der Waals surface area contributed by atoms with Crippen LogP contribution in [0.15, 0.2) is 66.2 Å². The lowest BCUT2D eigenvalue weighted by atomic mass is 10.1. The highest BCUT2D eigenvalue weighted by Crippen LogP contribution is 2.22. The number of hydrogen-bond donors (Lipinski definition) is 3. The summed E-state index contributed by atoms with van der Waals surface area (Å²) in [6, 6.07) is 17.0. The molecule has 0 bridgehead atoms. The zero-order chi connectivity index (χ0) is 19.9. The summed E-state index contributed by atoms with van der Waals surface area (Å²) in [4.78, 5) is 38.4. The van der Waals surface area contributed by atoms with Gasteiger partial charge in [0.15, 0.2) is 0 Å². The first-order valence-corrected chi connectivity index (χ1v) is 8.94. The average Bonchev–Trinajstić information content (AvgIpc) is 3.00. The van der Waals surface area contributed by atoms with Crippen LogP contribution in [-0.4, -0.2) is 35.5 Å². The average molecular weight is 379 g/mol. The fourth-order valence-electron chi connectivity index (χ4n) is 2.95. The van der Waals surface area contributed by atoms with Crippen molar-refractivity contribution in [3.05, 3.63) is 71.8 Å². The molecule has 1 heterocycles. The lowest BCUT2D eigenvalue weighted by molar-refractivity contribution is -0.121. The van der Waals surface area contributed by atoms with Crippen molar-refractivity contribution >= 4 is 29.5 Å². The predicted molar refractivity (Wildman–Crippen MR) is 105 cm³/mol. The number of carbonyl (C=O) groups is 3. The smallest absolute Gasteiger partial charge is 0.261 e. The van der Waals surface area contributed by atoms with E-state index in [-0.39, 0.29) is 25.4 Å². The van der Waals surface area contributed by atoms with Gasteiger partial charge in [0.1, 0.15) is 6.04 Å². The number of para-hydroxylation sites is 1. The summed E-state index contributed by atoms with van der Waals surface area (Å²) >= 11 is 0. The van der Waals surface area contributed by atoms with Gasteiger partial charge < -0.3 is 5.11 Å². The SMILES string of the molecule is O=C(NN[C@H]1CC(=O)N(c2ccccc2)C1=O)/C(=C/c1ccccc1)CCO. The monoisotopic (exact) mass is 379 g/mol. The lowest BCUT2D eigenvalue weighted by Crippen LogP contribution is -2.48. The summed E-state index contributed by atoms with van der Waals surface area (Å²) in [6.45, 7) is -0.186. The normalized spacial score (nSPS) is 17.1. The van der Waals surface area contributed by atoms with Crippen LogP contribution in [0.2, 0.25) is 0 Å². The van der Waals surface area contributed by atoms with E-state index in [0.29, 0.717) is 11.3 Å². The van der Waals surface area contributed by atoms with Crippen molar-refractivity contribution in [2.75, 3.05) is 11.5 Å². The highest BCUT2D eigenvalue weighted by Gasteiger charge is 2.39. The van der Waals surface area contributed by atoms with Crippen molar-refractivity contribution < 1.29 is 19.5 Å². The minimum absolute atomic E-state index is 0.0499. The number of anilines is 1. The quantitative estimate of drug-likeness (QED) is 0.384. The summed E-state index contributed by atoms with van der Waals surface area (Å²) in [7, 11) is 0. The van der Waals surface area contributed by atoms with Crippen LogP contribution in [0.3, 0.4) is 0 Å². The highest BCUT2D eigenvalue weighted by atomic mass is 16.3. The molecule has 1 aliphatic heterocycles. The maximum Gasteiger partial charge on any atom is 0.261 e. The van der Waals surface area contributed by atoms with Gasteiger partial charge in [-0.2, -0.15) is 0 Å². The van der Waals surface area contributed by atoms with E-state index in [4.69, 9.17) is 0 Å². The summed E-state index contributed by atoms with van der Waals surface area (Å²) in [6.07, 6.45) is 1.78. The summed E-state index contributed by atoms with van der Waals surface area (Å²) < 4.78 is 0. The van der Waals surface area contributed by atoms with Gasteiger partial charge in [-0.1, -0.05) is 48.5 Å². The molecule has 0 spiro atoms. The summed E-state index contributed by atoms with van der Waals surface area (Å²) in [5.41, 5.74) is 6.82. The first kappa shape index (κ1) is 19.5. The Bertz CT molecular complexity index is 881. The third kappa shape index (κ3) is 4.51. The third-order valence-corrected chi connectivity index (χ3v) is 4.33. The zero-order valence-electron chi connectivity index (χ0n) is 15.2. The number of hydrogen-bond acceptors (Lipinski definition) is 5. The van der Waals surface area contributed by atoms with Crippen LogP contribution in [0, 0.1) is 0 Å². The maximum atomic E-state index is 12.6. The number of amides is 3. The molecule has 3 N–H and O–H groups in total. The molecule has 1 fully saturated rings. The number of nitrogens with zero attached hydrogens (tertiary/aromatic N) is 1. The molecule has 28 heavy (non-hydrogen) atoms. The molecular weight excluding hydrogens is 358 g/mol. The largest absolute Gasteiger partial charge is 0.396 e. The van der Waals surface area contributed by atoms with Crippen molar-refractivity contribution in [1.29, 1.82) is 0 Å². The van der Waals surface area contributed by atoms with Gasteiger partial charge in [0, 0.05) is 18.6 Å². The number of hydrazine groups is 1. The van der Waals surface area contributed by atoms with Crippen molar-refractivity contribution in [2.24, 2.45) is 0 Å². The number of benzene rings is 2. The van der Waals surface area contributed by atoms with E-state index in [1.165, 1.54) is 0 Å². The van der Waals surface area contributed by atoms with E-state index in [2.05, 4.69) is 10.9 Å². The molecule has 1 saturated heterocycles. The number of imide groups is 1. The molecule has 0 saturated carbocycles. The fraction of sp³-hybridized carbons (Fsp3) is 0.190. The second-order valence-corrected chi connectivity index (χ2v) is 6.31. The van der Waals surface area contributed by atoms with Crippen LogP contribution >= 0.6 is 0 Å². The van der Waals surface area contributed by atoms with Crippen LogP contribution in [0.25, 0.3) is 6.08 Å². The lowest BCUT2D eigenvalue weighted by Gasteiger charge is -2.16. The third-order valence-electron chi connectivity index (χ3n) is 4.33. The molecule has 0 unspecified atom stereocenters. The molecule has 1 aliphatic rings. The molecule has 0 aromatic heterocycles. The first-order chi connectivity index (χ1) is 13.6.